The van der Waals surface area contributed by atoms with Crippen LogP contribution in [0.4, 0.5) is 4.79 Å². The number of urea groups is 1. The minimum Gasteiger partial charge on any atom is -0.546 e. The van der Waals surface area contributed by atoms with Crippen LogP contribution in [0.25, 0.3) is 0 Å². The number of carboxylic acids is 1. The lowest BCUT2D eigenvalue weighted by molar-refractivity contribution is -0.312. The van der Waals surface area contributed by atoms with Crippen molar-refractivity contribution in [3.63, 3.8) is 0 Å². The number of methoxy groups -OCH3 is 1. The van der Waals surface area contributed by atoms with Gasteiger partial charge in [-0.1, -0.05) is 6.07 Å². The maximum absolute atomic E-state index is 12.3. The van der Waals surface area contributed by atoms with Gasteiger partial charge in [0.2, 0.25) is 0 Å². The molecule has 2 N–H and O–H groups in total. The fourth-order valence-corrected chi connectivity index (χ4v) is 2.62. The Bertz CT molecular complexity index is 788. The standard InChI is InChI=1S/C18H22N2O7/c1-5-26-17(23)14-9(2)19-18(24)20-15(14)11-6-7-12(13(8-11)25-4)27-10(3)16(21)22/h6-8,10,15H,5H2,1-4H3,(H,21,22)(H2,19,20,24)/p-1/t10-,15+/m0/s1. The predicted molar refractivity (Wildman–Crippen MR) is 91.8 cm³/mol. The monoisotopic (exact) mass is 377 g/mol. The van der Waals surface area contributed by atoms with E-state index in [-0.39, 0.29) is 23.7 Å². The molecule has 9 nitrogen and oxygen atoms in total. The van der Waals surface area contributed by atoms with E-state index >= 15 is 0 Å². The number of carbonyl (C=O) groups excluding carboxylic acids is 3. The topological polar surface area (TPSA) is 126 Å². The summed E-state index contributed by atoms with van der Waals surface area (Å²) in [6.07, 6.45) is -1.18. The second kappa shape index (κ2) is 8.43. The first-order chi connectivity index (χ1) is 12.8. The van der Waals surface area contributed by atoms with E-state index in [9.17, 15) is 19.5 Å². The molecule has 2 amide bonds. The summed E-state index contributed by atoms with van der Waals surface area (Å²) in [5, 5.41) is 16.1. The first-order valence-electron chi connectivity index (χ1n) is 8.29. The van der Waals surface area contributed by atoms with Crippen molar-refractivity contribution >= 4 is 18.0 Å². The third-order valence-corrected chi connectivity index (χ3v) is 3.92. The quantitative estimate of drug-likeness (QED) is 0.659. The summed E-state index contributed by atoms with van der Waals surface area (Å²) in [5.41, 5.74) is 1.18. The van der Waals surface area contributed by atoms with Crippen molar-refractivity contribution in [3.05, 3.63) is 35.0 Å². The molecule has 0 saturated carbocycles. The van der Waals surface area contributed by atoms with Gasteiger partial charge in [0.05, 0.1) is 31.3 Å². The highest BCUT2D eigenvalue weighted by Gasteiger charge is 2.32. The molecule has 1 aliphatic heterocycles. The maximum atomic E-state index is 12.3. The first kappa shape index (κ1) is 20.1. The normalized spacial score (nSPS) is 17.5. The van der Waals surface area contributed by atoms with Crippen LogP contribution >= 0.6 is 0 Å². The molecule has 0 spiro atoms. The lowest BCUT2D eigenvalue weighted by Crippen LogP contribution is -2.45. The Morgan fingerprint density at radius 2 is 2.00 bits per heavy atom. The van der Waals surface area contributed by atoms with Crippen LogP contribution in [0.5, 0.6) is 11.5 Å². The Morgan fingerprint density at radius 1 is 1.30 bits per heavy atom. The molecule has 1 aromatic carbocycles. The minimum absolute atomic E-state index is 0.188. The molecule has 0 bridgehead atoms. The number of carboxylic acid groups (broad SMARTS) is 1. The molecule has 0 saturated heterocycles. The number of rotatable bonds is 7. The summed E-state index contributed by atoms with van der Waals surface area (Å²) in [6.45, 7) is 4.81. The van der Waals surface area contributed by atoms with Gasteiger partial charge in [-0.05, 0) is 38.5 Å². The molecule has 1 aliphatic rings. The number of benzene rings is 1. The fourth-order valence-electron chi connectivity index (χ4n) is 2.62. The number of ether oxygens (including phenoxy) is 3. The largest absolute Gasteiger partial charge is 0.546 e. The third kappa shape index (κ3) is 4.49. The number of carbonyl (C=O) groups is 3. The Balaban J connectivity index is 2.42. The van der Waals surface area contributed by atoms with Gasteiger partial charge >= 0.3 is 12.0 Å². The van der Waals surface area contributed by atoms with Crippen molar-refractivity contribution in [3.8, 4) is 11.5 Å². The van der Waals surface area contributed by atoms with Crippen LogP contribution in [0.3, 0.4) is 0 Å². The van der Waals surface area contributed by atoms with Gasteiger partial charge in [-0.15, -0.1) is 0 Å². The van der Waals surface area contributed by atoms with Crippen molar-refractivity contribution in [1.82, 2.24) is 10.6 Å². The van der Waals surface area contributed by atoms with Gasteiger partial charge in [-0.25, -0.2) is 9.59 Å². The molecule has 9 heteroatoms. The molecule has 2 rings (SSSR count). The zero-order chi connectivity index (χ0) is 20.1. The minimum atomic E-state index is -1.37. The van der Waals surface area contributed by atoms with Gasteiger partial charge in [0.25, 0.3) is 0 Å². The fraction of sp³-hybridized carbons (Fsp3) is 0.389. The second-order valence-corrected chi connectivity index (χ2v) is 5.78. The Kier molecular flexibility index (Phi) is 6.27. The zero-order valence-electron chi connectivity index (χ0n) is 15.5. The highest BCUT2D eigenvalue weighted by Crippen LogP contribution is 2.35. The Morgan fingerprint density at radius 3 is 2.59 bits per heavy atom. The molecule has 0 fully saturated rings. The summed E-state index contributed by atoms with van der Waals surface area (Å²) in [4.78, 5) is 35.1. The van der Waals surface area contributed by atoms with Crippen LogP contribution in [-0.4, -0.2) is 37.8 Å². The van der Waals surface area contributed by atoms with E-state index in [1.165, 1.54) is 20.1 Å². The molecular formula is C18H21N2O7-. The molecule has 1 aromatic rings. The van der Waals surface area contributed by atoms with Crippen LogP contribution < -0.4 is 25.2 Å². The molecule has 0 unspecified atom stereocenters. The van der Waals surface area contributed by atoms with Crippen LogP contribution in [0.1, 0.15) is 32.4 Å². The molecule has 0 radical (unpaired) electrons. The van der Waals surface area contributed by atoms with Crippen molar-refractivity contribution in [2.24, 2.45) is 0 Å². The van der Waals surface area contributed by atoms with Crippen molar-refractivity contribution in [2.45, 2.75) is 32.9 Å². The van der Waals surface area contributed by atoms with E-state index in [2.05, 4.69) is 10.6 Å². The molecule has 0 aromatic heterocycles. The van der Waals surface area contributed by atoms with Crippen molar-refractivity contribution in [2.75, 3.05) is 13.7 Å². The first-order valence-corrected chi connectivity index (χ1v) is 8.29. The second-order valence-electron chi connectivity index (χ2n) is 5.78. The van der Waals surface area contributed by atoms with E-state index in [0.717, 1.165) is 0 Å². The average Bonchev–Trinajstić information content (AvgIpc) is 2.61. The number of amides is 2. The molecule has 2 atom stereocenters. The van der Waals surface area contributed by atoms with Gasteiger partial charge in [0, 0.05) is 5.70 Å². The summed E-state index contributed by atoms with van der Waals surface area (Å²) in [6, 6.07) is 3.43. The number of esters is 1. The lowest BCUT2D eigenvalue weighted by Gasteiger charge is -2.28. The highest BCUT2D eigenvalue weighted by molar-refractivity contribution is 5.95. The van der Waals surface area contributed by atoms with Gasteiger partial charge in [-0.2, -0.15) is 0 Å². The number of allylic oxidation sites excluding steroid dienone is 1. The summed E-state index contributed by atoms with van der Waals surface area (Å²) >= 11 is 0. The van der Waals surface area contributed by atoms with E-state index < -0.39 is 30.1 Å². The van der Waals surface area contributed by atoms with Crippen LogP contribution in [0.2, 0.25) is 0 Å². The van der Waals surface area contributed by atoms with E-state index in [1.54, 1.807) is 26.0 Å². The van der Waals surface area contributed by atoms with Gasteiger partial charge in [0.1, 0.15) is 6.10 Å². The average molecular weight is 377 g/mol. The predicted octanol–water partition coefficient (Wildman–Crippen LogP) is 0.403. The smallest absolute Gasteiger partial charge is 0.338 e. The van der Waals surface area contributed by atoms with E-state index in [0.29, 0.717) is 11.3 Å². The number of hydrogen-bond donors (Lipinski definition) is 2. The third-order valence-electron chi connectivity index (χ3n) is 3.92. The van der Waals surface area contributed by atoms with E-state index in [1.807, 2.05) is 0 Å². The van der Waals surface area contributed by atoms with Gasteiger partial charge in [0.15, 0.2) is 11.5 Å². The number of aliphatic carboxylic acids is 1. The highest BCUT2D eigenvalue weighted by atomic mass is 16.5. The molecule has 146 valence electrons. The number of hydrogen-bond acceptors (Lipinski definition) is 7. The van der Waals surface area contributed by atoms with Crippen molar-refractivity contribution in [1.29, 1.82) is 0 Å². The molecule has 0 aliphatic carbocycles. The molecule has 1 heterocycles. The Labute approximate surface area is 156 Å². The van der Waals surface area contributed by atoms with Gasteiger partial charge < -0.3 is 34.7 Å². The summed E-state index contributed by atoms with van der Waals surface area (Å²) in [7, 11) is 1.39. The van der Waals surface area contributed by atoms with E-state index in [4.69, 9.17) is 14.2 Å². The van der Waals surface area contributed by atoms with Crippen molar-refractivity contribution < 1.29 is 33.7 Å². The summed E-state index contributed by atoms with van der Waals surface area (Å²) < 4.78 is 15.6. The van der Waals surface area contributed by atoms with Crippen LogP contribution in [0, 0.1) is 0 Å². The SMILES string of the molecule is CCOC(=O)C1=C(C)NC(=O)N[C@@H]1c1ccc(O[C@@H](C)C(=O)[O-])c(OC)c1. The van der Waals surface area contributed by atoms with Gasteiger partial charge in [-0.3, -0.25) is 0 Å². The maximum Gasteiger partial charge on any atom is 0.338 e. The Hall–Kier alpha value is -3.23. The number of nitrogens with one attached hydrogen (secondary N) is 2. The zero-order valence-corrected chi connectivity index (χ0v) is 15.5. The summed E-state index contributed by atoms with van der Waals surface area (Å²) in [5.74, 6) is -1.49. The van der Waals surface area contributed by atoms with Crippen LogP contribution in [0.15, 0.2) is 29.5 Å². The molecular weight excluding hydrogens is 356 g/mol. The van der Waals surface area contributed by atoms with Crippen LogP contribution in [-0.2, 0) is 14.3 Å². The molecule has 27 heavy (non-hydrogen) atoms. The lowest BCUT2D eigenvalue weighted by atomic mass is 9.95.